The molecule has 9 nitrogen and oxygen atoms in total. The van der Waals surface area contributed by atoms with E-state index in [9.17, 15) is 5.11 Å². The fourth-order valence-electron chi connectivity index (χ4n) is 4.06. The molecule has 1 aliphatic carbocycles. The molecule has 0 spiro atoms. The van der Waals surface area contributed by atoms with Crippen LogP contribution in [0.2, 0.25) is 0 Å². The van der Waals surface area contributed by atoms with Gasteiger partial charge in [0, 0.05) is 42.4 Å². The molecule has 5 rings (SSSR count). The van der Waals surface area contributed by atoms with Crippen molar-refractivity contribution in [3.8, 4) is 5.88 Å². The van der Waals surface area contributed by atoms with E-state index < -0.39 is 0 Å². The van der Waals surface area contributed by atoms with E-state index in [2.05, 4.69) is 25.9 Å². The molecule has 2 aliphatic rings. The van der Waals surface area contributed by atoms with Crippen LogP contribution in [0.1, 0.15) is 24.3 Å². The van der Waals surface area contributed by atoms with Crippen LogP contribution < -0.4 is 20.7 Å². The Balaban J connectivity index is 1.41. The molecule has 3 aromatic rings. The molecule has 32 heavy (non-hydrogen) atoms. The molecule has 1 fully saturated rings. The smallest absolute Gasteiger partial charge is 0.214 e. The zero-order valence-corrected chi connectivity index (χ0v) is 18.5. The Hall–Kier alpha value is -3.24. The highest BCUT2D eigenvalue weighted by molar-refractivity contribution is 7.19. The van der Waals surface area contributed by atoms with Crippen LogP contribution in [0, 0.1) is 5.92 Å². The summed E-state index contributed by atoms with van der Waals surface area (Å²) in [6.45, 7) is 0.726. The van der Waals surface area contributed by atoms with E-state index in [0.717, 1.165) is 51.6 Å². The van der Waals surface area contributed by atoms with Crippen LogP contribution in [-0.4, -0.2) is 52.3 Å². The summed E-state index contributed by atoms with van der Waals surface area (Å²) in [5, 5.41) is 20.9. The average molecular weight is 452 g/mol. The van der Waals surface area contributed by atoms with Crippen molar-refractivity contribution in [1.29, 1.82) is 0 Å². The van der Waals surface area contributed by atoms with Crippen LogP contribution in [0.3, 0.4) is 0 Å². The second kappa shape index (κ2) is 9.09. The van der Waals surface area contributed by atoms with Crippen LogP contribution in [0.15, 0.2) is 47.6 Å². The largest absolute Gasteiger partial charge is 0.481 e. The van der Waals surface area contributed by atoms with Crippen LogP contribution >= 0.6 is 11.3 Å². The van der Waals surface area contributed by atoms with Gasteiger partial charge in [-0.25, -0.2) is 15.0 Å². The number of aliphatic hydroxyl groups is 1. The van der Waals surface area contributed by atoms with Gasteiger partial charge in [-0.1, -0.05) is 0 Å². The summed E-state index contributed by atoms with van der Waals surface area (Å²) < 4.78 is 6.31. The van der Waals surface area contributed by atoms with Gasteiger partial charge in [0.1, 0.15) is 16.3 Å². The summed E-state index contributed by atoms with van der Waals surface area (Å²) >= 11 is 1.64. The highest BCUT2D eigenvalue weighted by Gasteiger charge is 2.27. The summed E-state index contributed by atoms with van der Waals surface area (Å²) in [6.07, 6.45) is 8.26. The van der Waals surface area contributed by atoms with E-state index in [-0.39, 0.29) is 6.61 Å². The highest BCUT2D eigenvalue weighted by Crippen LogP contribution is 2.31. The first kappa shape index (κ1) is 20.7. The number of hydrogen-bond acceptors (Lipinski definition) is 10. The van der Waals surface area contributed by atoms with Crippen molar-refractivity contribution >= 4 is 38.8 Å². The van der Waals surface area contributed by atoms with E-state index in [4.69, 9.17) is 14.7 Å². The molecule has 2 atom stereocenters. The lowest BCUT2D eigenvalue weighted by molar-refractivity contribution is 0.228. The average Bonchev–Trinajstić information content (AvgIpc) is 3.46. The van der Waals surface area contributed by atoms with Gasteiger partial charge in [-0.05, 0) is 37.3 Å². The molecule has 3 aromatic heterocycles. The molecule has 0 bridgehead atoms. The Labute approximate surface area is 189 Å². The monoisotopic (exact) mass is 451 g/mol. The summed E-state index contributed by atoms with van der Waals surface area (Å²) in [7, 11) is 1.59. The molecular formula is C22H25N7O2S. The zero-order chi connectivity index (χ0) is 21.9. The molecule has 0 saturated heterocycles. The molecule has 166 valence electrons. The summed E-state index contributed by atoms with van der Waals surface area (Å²) in [5.74, 6) is 2.43. The number of nitrogens with zero attached hydrogens (tertiary/aromatic N) is 4. The molecule has 2 unspecified atom stereocenters. The summed E-state index contributed by atoms with van der Waals surface area (Å²) in [6, 6.07) is 5.96. The number of nitrogens with one attached hydrogen (secondary N) is 3. The van der Waals surface area contributed by atoms with E-state index in [1.807, 2.05) is 18.2 Å². The molecule has 1 saturated carbocycles. The summed E-state index contributed by atoms with van der Waals surface area (Å²) in [5.41, 5.74) is 2.74. The van der Waals surface area contributed by atoms with Gasteiger partial charge >= 0.3 is 0 Å². The SMILES string of the molecule is COc1cc(NC2=NCC(c3nc4cnccc4s3)=C(NC3CCC(CO)C3)N2)ccn1. The maximum atomic E-state index is 9.54. The first-order valence-corrected chi connectivity index (χ1v) is 11.4. The standard InChI is InChI=1S/C22H25N7O2S/c1-31-19-9-15(4-7-24-19)27-22-25-10-16(21-28-17-11-23-6-5-18(17)32-21)20(29-22)26-14-3-2-13(8-14)12-30/h4-7,9,11,13-14,26,30H,2-3,8,10,12H2,1H3,(H2,24,25,27,29). The number of thiazole rings is 1. The maximum Gasteiger partial charge on any atom is 0.214 e. The number of anilines is 1. The fourth-order valence-corrected chi connectivity index (χ4v) is 5.03. The molecule has 0 aromatic carbocycles. The van der Waals surface area contributed by atoms with Gasteiger partial charge in [0.15, 0.2) is 0 Å². The lowest BCUT2D eigenvalue weighted by atomic mass is 10.1. The molecule has 0 radical (unpaired) electrons. The van der Waals surface area contributed by atoms with Crippen LogP contribution in [0.25, 0.3) is 15.8 Å². The first-order valence-electron chi connectivity index (χ1n) is 10.6. The zero-order valence-electron chi connectivity index (χ0n) is 17.7. The third kappa shape index (κ3) is 4.37. The highest BCUT2D eigenvalue weighted by atomic mass is 32.1. The van der Waals surface area contributed by atoms with Crippen molar-refractivity contribution in [2.45, 2.75) is 25.3 Å². The van der Waals surface area contributed by atoms with Gasteiger partial charge in [0.05, 0.1) is 24.6 Å². The van der Waals surface area contributed by atoms with Gasteiger partial charge in [0.2, 0.25) is 11.8 Å². The van der Waals surface area contributed by atoms with E-state index >= 15 is 0 Å². The fraction of sp³-hybridized carbons (Fsp3) is 0.364. The Kier molecular flexibility index (Phi) is 5.87. The Morgan fingerprint density at radius 3 is 3.03 bits per heavy atom. The molecule has 4 N–H and O–H groups in total. The number of methoxy groups -OCH3 is 1. The lowest BCUT2D eigenvalue weighted by Gasteiger charge is -2.26. The number of guanidine groups is 1. The summed E-state index contributed by atoms with van der Waals surface area (Å²) in [4.78, 5) is 17.8. The molecular weight excluding hydrogens is 426 g/mol. The van der Waals surface area contributed by atoms with Gasteiger partial charge < -0.3 is 25.8 Å². The normalized spacial score (nSPS) is 20.8. The molecule has 4 heterocycles. The van der Waals surface area contributed by atoms with Crippen molar-refractivity contribution in [3.05, 3.63) is 47.6 Å². The first-order chi connectivity index (χ1) is 15.7. The van der Waals surface area contributed by atoms with E-state index in [1.165, 1.54) is 0 Å². The molecule has 10 heteroatoms. The van der Waals surface area contributed by atoms with E-state index in [0.29, 0.717) is 30.3 Å². The second-order valence-corrected chi connectivity index (χ2v) is 8.95. The van der Waals surface area contributed by atoms with Gasteiger partial charge in [0.25, 0.3) is 0 Å². The van der Waals surface area contributed by atoms with Gasteiger partial charge in [-0.15, -0.1) is 11.3 Å². The minimum Gasteiger partial charge on any atom is -0.481 e. The predicted molar refractivity (Wildman–Crippen MR) is 126 cm³/mol. The number of rotatable bonds is 6. The third-order valence-electron chi connectivity index (χ3n) is 5.74. The van der Waals surface area contributed by atoms with Gasteiger partial charge in [-0.3, -0.25) is 4.98 Å². The minimum absolute atomic E-state index is 0.237. The Morgan fingerprint density at radius 1 is 1.28 bits per heavy atom. The predicted octanol–water partition coefficient (Wildman–Crippen LogP) is 2.59. The topological polar surface area (TPSA) is 117 Å². The number of pyridine rings is 2. The van der Waals surface area contributed by atoms with Crippen LogP contribution in [-0.2, 0) is 0 Å². The van der Waals surface area contributed by atoms with Crippen LogP contribution in [0.5, 0.6) is 5.88 Å². The Bertz CT molecular complexity index is 1140. The van der Waals surface area contributed by atoms with Crippen molar-refractivity contribution in [2.75, 3.05) is 25.6 Å². The maximum absolute atomic E-state index is 9.54. The molecule has 0 amide bonds. The lowest BCUT2D eigenvalue weighted by Crippen LogP contribution is -2.42. The van der Waals surface area contributed by atoms with E-state index in [1.54, 1.807) is 37.0 Å². The van der Waals surface area contributed by atoms with Crippen molar-refractivity contribution < 1.29 is 9.84 Å². The van der Waals surface area contributed by atoms with Crippen molar-refractivity contribution in [1.82, 2.24) is 25.6 Å². The third-order valence-corrected chi connectivity index (χ3v) is 6.84. The van der Waals surface area contributed by atoms with Crippen LogP contribution in [0.4, 0.5) is 5.69 Å². The Morgan fingerprint density at radius 2 is 2.22 bits per heavy atom. The molecule has 1 aliphatic heterocycles. The number of aromatic nitrogens is 3. The number of fused-ring (bicyclic) bond motifs is 1. The van der Waals surface area contributed by atoms with Gasteiger partial charge in [-0.2, -0.15) is 0 Å². The number of ether oxygens (including phenoxy) is 1. The van der Waals surface area contributed by atoms with Crippen molar-refractivity contribution in [2.24, 2.45) is 10.9 Å². The quantitative estimate of drug-likeness (QED) is 0.452. The number of hydrogen-bond donors (Lipinski definition) is 4. The minimum atomic E-state index is 0.237. The second-order valence-electron chi connectivity index (χ2n) is 7.92. The number of aliphatic hydroxyl groups excluding tert-OH is 1. The van der Waals surface area contributed by atoms with Crippen molar-refractivity contribution in [3.63, 3.8) is 0 Å². The number of aliphatic imine (C=N–C) groups is 1.